The molecule has 2 aromatic heterocycles. The fraction of sp³-hybridized carbons (Fsp3) is 0. The van der Waals surface area contributed by atoms with Crippen molar-refractivity contribution in [2.24, 2.45) is 0 Å². The molecule has 10 aromatic rings. The van der Waals surface area contributed by atoms with Gasteiger partial charge in [-0.1, -0.05) is 140 Å². The predicted molar refractivity (Wildman–Crippen MR) is 218 cm³/mol. The van der Waals surface area contributed by atoms with Gasteiger partial charge in [0.2, 0.25) is 0 Å². The average Bonchev–Trinajstić information content (AvgIpc) is 3.78. The van der Waals surface area contributed by atoms with Crippen LogP contribution in [-0.4, -0.2) is 0 Å². The molecule has 0 aliphatic carbocycles. The summed E-state index contributed by atoms with van der Waals surface area (Å²) < 4.78 is 9.39. The van der Waals surface area contributed by atoms with Gasteiger partial charge in [0, 0.05) is 42.3 Å². The molecule has 0 aliphatic rings. The Labute approximate surface area is 300 Å². The van der Waals surface area contributed by atoms with Crippen molar-refractivity contribution in [2.45, 2.75) is 0 Å². The number of para-hydroxylation sites is 1. The minimum atomic E-state index is 0.869. The Morgan fingerprint density at radius 1 is 0.392 bits per heavy atom. The van der Waals surface area contributed by atoms with Gasteiger partial charge < -0.3 is 9.32 Å². The third kappa shape index (κ3) is 5.10. The van der Waals surface area contributed by atoms with Crippen LogP contribution >= 0.6 is 11.3 Å². The minimum Gasteiger partial charge on any atom is -0.454 e. The summed E-state index contributed by atoms with van der Waals surface area (Å²) in [5, 5.41) is 4.77. The molecular formula is C48H31NOS. The van der Waals surface area contributed by atoms with Gasteiger partial charge in [-0.15, -0.1) is 11.3 Å². The minimum absolute atomic E-state index is 0.869. The lowest BCUT2D eigenvalue weighted by Crippen LogP contribution is -2.10. The first kappa shape index (κ1) is 29.5. The summed E-state index contributed by atoms with van der Waals surface area (Å²) >= 11 is 1.84. The molecule has 240 valence electrons. The smallest absolute Gasteiger partial charge is 0.160 e. The van der Waals surface area contributed by atoms with Gasteiger partial charge in [0.05, 0.1) is 5.69 Å². The number of hydrogen-bond donors (Lipinski definition) is 0. The first-order valence-corrected chi connectivity index (χ1v) is 18.1. The summed E-state index contributed by atoms with van der Waals surface area (Å²) in [6.45, 7) is 0. The number of anilines is 3. The molecular weight excluding hydrogens is 639 g/mol. The summed E-state index contributed by atoms with van der Waals surface area (Å²) in [5.41, 5.74) is 12.0. The van der Waals surface area contributed by atoms with E-state index in [1.54, 1.807) is 0 Å². The fourth-order valence-corrected chi connectivity index (χ4v) is 8.50. The molecule has 0 bridgehead atoms. The topological polar surface area (TPSA) is 16.4 Å². The number of furan rings is 1. The lowest BCUT2D eigenvalue weighted by Gasteiger charge is -2.26. The van der Waals surface area contributed by atoms with Crippen LogP contribution in [0.3, 0.4) is 0 Å². The van der Waals surface area contributed by atoms with Gasteiger partial charge in [-0.05, 0) is 81.9 Å². The SMILES string of the molecule is c1ccc(-c2ccc(-c3ccc(N(c4ccc5sc6ccccc6c5c4)c4ccc(-c5ccccc5)c5c4oc4ccccc45)cc3)cc2)cc1. The maximum atomic E-state index is 6.81. The molecule has 0 spiro atoms. The zero-order valence-electron chi connectivity index (χ0n) is 27.7. The second-order valence-electron chi connectivity index (χ2n) is 12.9. The van der Waals surface area contributed by atoms with Crippen molar-refractivity contribution in [2.75, 3.05) is 4.90 Å². The second kappa shape index (κ2) is 12.2. The van der Waals surface area contributed by atoms with Crippen LogP contribution in [0.2, 0.25) is 0 Å². The van der Waals surface area contributed by atoms with Crippen molar-refractivity contribution in [3.63, 3.8) is 0 Å². The van der Waals surface area contributed by atoms with Gasteiger partial charge in [0.1, 0.15) is 5.58 Å². The van der Waals surface area contributed by atoms with Gasteiger partial charge in [-0.3, -0.25) is 0 Å². The molecule has 3 heteroatoms. The summed E-state index contributed by atoms with van der Waals surface area (Å²) in [5.74, 6) is 0. The zero-order chi connectivity index (χ0) is 33.7. The van der Waals surface area contributed by atoms with Gasteiger partial charge in [0.25, 0.3) is 0 Å². The average molecular weight is 670 g/mol. The highest BCUT2D eigenvalue weighted by Crippen LogP contribution is 2.47. The van der Waals surface area contributed by atoms with E-state index >= 15 is 0 Å². The van der Waals surface area contributed by atoms with Crippen molar-refractivity contribution in [3.05, 3.63) is 188 Å². The van der Waals surface area contributed by atoms with Crippen LogP contribution in [0, 0.1) is 0 Å². The highest BCUT2D eigenvalue weighted by molar-refractivity contribution is 7.25. The Morgan fingerprint density at radius 3 is 1.67 bits per heavy atom. The van der Waals surface area contributed by atoms with E-state index in [2.05, 4.69) is 187 Å². The summed E-state index contributed by atoms with van der Waals surface area (Å²) in [7, 11) is 0. The first-order valence-electron chi connectivity index (χ1n) is 17.3. The van der Waals surface area contributed by atoms with E-state index in [9.17, 15) is 0 Å². The molecule has 0 atom stereocenters. The molecule has 2 nitrogen and oxygen atoms in total. The van der Waals surface area contributed by atoms with Crippen LogP contribution < -0.4 is 4.90 Å². The van der Waals surface area contributed by atoms with Crippen LogP contribution in [0.1, 0.15) is 0 Å². The lowest BCUT2D eigenvalue weighted by atomic mass is 9.98. The maximum absolute atomic E-state index is 6.81. The molecule has 0 fully saturated rings. The highest BCUT2D eigenvalue weighted by atomic mass is 32.1. The van der Waals surface area contributed by atoms with Crippen molar-refractivity contribution in [3.8, 4) is 33.4 Å². The molecule has 0 saturated carbocycles. The molecule has 8 aromatic carbocycles. The number of benzene rings is 8. The van der Waals surface area contributed by atoms with Gasteiger partial charge in [-0.25, -0.2) is 0 Å². The van der Waals surface area contributed by atoms with Crippen LogP contribution in [0.15, 0.2) is 192 Å². The molecule has 0 unspecified atom stereocenters. The van der Waals surface area contributed by atoms with E-state index in [1.165, 1.54) is 48.0 Å². The van der Waals surface area contributed by atoms with E-state index in [4.69, 9.17) is 4.42 Å². The quantitative estimate of drug-likeness (QED) is 0.175. The maximum Gasteiger partial charge on any atom is 0.160 e. The van der Waals surface area contributed by atoms with E-state index < -0.39 is 0 Å². The van der Waals surface area contributed by atoms with Gasteiger partial charge in [0.15, 0.2) is 5.58 Å². The number of thiophene rings is 1. The predicted octanol–water partition coefficient (Wildman–Crippen LogP) is 14.4. The normalized spacial score (nSPS) is 11.5. The Balaban J connectivity index is 1.16. The molecule has 0 aliphatic heterocycles. The third-order valence-electron chi connectivity index (χ3n) is 9.90. The first-order chi connectivity index (χ1) is 25.3. The van der Waals surface area contributed by atoms with Crippen LogP contribution in [-0.2, 0) is 0 Å². The van der Waals surface area contributed by atoms with Crippen molar-refractivity contribution in [1.82, 2.24) is 0 Å². The Kier molecular flexibility index (Phi) is 7.04. The molecule has 0 amide bonds. The number of hydrogen-bond acceptors (Lipinski definition) is 3. The van der Waals surface area contributed by atoms with Crippen molar-refractivity contribution < 1.29 is 4.42 Å². The molecule has 10 rings (SSSR count). The highest BCUT2D eigenvalue weighted by Gasteiger charge is 2.23. The lowest BCUT2D eigenvalue weighted by molar-refractivity contribution is 0.669. The summed E-state index contributed by atoms with van der Waals surface area (Å²) in [6.07, 6.45) is 0. The summed E-state index contributed by atoms with van der Waals surface area (Å²) in [4.78, 5) is 2.35. The van der Waals surface area contributed by atoms with Crippen LogP contribution in [0.4, 0.5) is 17.1 Å². The Morgan fingerprint density at radius 2 is 0.941 bits per heavy atom. The fourth-order valence-electron chi connectivity index (χ4n) is 7.42. The van der Waals surface area contributed by atoms with E-state index in [-0.39, 0.29) is 0 Å². The monoisotopic (exact) mass is 669 g/mol. The van der Waals surface area contributed by atoms with E-state index in [0.29, 0.717) is 0 Å². The van der Waals surface area contributed by atoms with E-state index in [1.807, 2.05) is 17.4 Å². The Bertz CT molecular complexity index is 2830. The molecule has 0 saturated heterocycles. The molecule has 2 heterocycles. The van der Waals surface area contributed by atoms with Gasteiger partial charge in [-0.2, -0.15) is 0 Å². The summed E-state index contributed by atoms with van der Waals surface area (Å²) in [6, 6.07) is 67.3. The molecule has 51 heavy (non-hydrogen) atoms. The molecule has 0 radical (unpaired) electrons. The number of rotatable bonds is 6. The van der Waals surface area contributed by atoms with Gasteiger partial charge >= 0.3 is 0 Å². The second-order valence-corrected chi connectivity index (χ2v) is 14.0. The Hall–Kier alpha value is -6.42. The largest absolute Gasteiger partial charge is 0.454 e. The van der Waals surface area contributed by atoms with E-state index in [0.717, 1.165) is 44.6 Å². The standard InChI is InChI=1S/C48H31NOS/c1-3-11-32(12-4-1)33-19-21-34(22-20-33)35-23-25-37(26-24-35)49(38-27-30-46-42(31-38)40-15-8-10-18-45(40)51-46)43-29-28-39(36-13-5-2-6-14-36)47-41-16-7-9-17-44(41)50-48(43)47/h1-31H. The number of fused-ring (bicyclic) bond motifs is 6. The van der Waals surface area contributed by atoms with Crippen molar-refractivity contribution in [1.29, 1.82) is 0 Å². The van der Waals surface area contributed by atoms with Crippen LogP contribution in [0.25, 0.3) is 75.5 Å². The zero-order valence-corrected chi connectivity index (χ0v) is 28.5. The van der Waals surface area contributed by atoms with Crippen molar-refractivity contribution >= 4 is 70.5 Å². The number of nitrogens with zero attached hydrogens (tertiary/aromatic N) is 1. The molecule has 0 N–H and O–H groups in total. The third-order valence-corrected chi connectivity index (χ3v) is 11.1. The van der Waals surface area contributed by atoms with Crippen LogP contribution in [0.5, 0.6) is 0 Å².